The summed E-state index contributed by atoms with van der Waals surface area (Å²) in [5.41, 5.74) is 0.654. The van der Waals surface area contributed by atoms with Crippen LogP contribution in [0.3, 0.4) is 0 Å². The van der Waals surface area contributed by atoms with Gasteiger partial charge in [-0.1, -0.05) is 0 Å². The molecule has 2 amide bonds. The average Bonchev–Trinajstić information content (AvgIpc) is 2.28. The Kier molecular flexibility index (Phi) is 2.87. The van der Waals surface area contributed by atoms with Crippen LogP contribution in [0.25, 0.3) is 0 Å². The van der Waals surface area contributed by atoms with Gasteiger partial charge in [-0.15, -0.1) is 0 Å². The number of imide groups is 1. The van der Waals surface area contributed by atoms with Gasteiger partial charge >= 0.3 is 0 Å². The summed E-state index contributed by atoms with van der Waals surface area (Å²) < 4.78 is 0. The summed E-state index contributed by atoms with van der Waals surface area (Å²) in [5.74, 6) is -0.411. The maximum atomic E-state index is 11.1. The fraction of sp³-hybridized carbons (Fsp3) is 0.375. The molecule has 0 atom stereocenters. The Morgan fingerprint density at radius 1 is 1.38 bits per heavy atom. The van der Waals surface area contributed by atoms with E-state index in [1.165, 1.54) is 6.92 Å². The molecule has 1 aliphatic rings. The average molecular weight is 199 g/mol. The molecule has 0 unspecified atom stereocenters. The second-order valence-corrected chi connectivity index (χ2v) is 3.82. The van der Waals surface area contributed by atoms with E-state index in [2.05, 4.69) is 5.32 Å². The number of hydrogen-bond donors (Lipinski definition) is 1. The number of hydrogen-bond acceptors (Lipinski definition) is 4. The molecule has 1 rings (SSSR count). The highest BCUT2D eigenvalue weighted by molar-refractivity contribution is 8.18. The minimum atomic E-state index is -0.395. The number of carbonyl (C=O) groups excluding carboxylic acids is 3. The highest BCUT2D eigenvalue weighted by Gasteiger charge is 2.27. The van der Waals surface area contributed by atoms with Crippen molar-refractivity contribution < 1.29 is 14.4 Å². The molecule has 0 radical (unpaired) electrons. The zero-order valence-corrected chi connectivity index (χ0v) is 8.16. The van der Waals surface area contributed by atoms with Gasteiger partial charge in [-0.3, -0.25) is 19.7 Å². The van der Waals surface area contributed by atoms with Gasteiger partial charge < -0.3 is 0 Å². The summed E-state index contributed by atoms with van der Waals surface area (Å²) in [6.07, 6.45) is 0.225. The first-order valence-corrected chi connectivity index (χ1v) is 4.54. The third-order valence-corrected chi connectivity index (χ3v) is 2.54. The van der Waals surface area contributed by atoms with Gasteiger partial charge in [-0.2, -0.15) is 0 Å². The zero-order chi connectivity index (χ0) is 10.0. The van der Waals surface area contributed by atoms with Crippen LogP contribution < -0.4 is 5.32 Å². The third-order valence-electron chi connectivity index (χ3n) is 1.52. The first-order chi connectivity index (χ1) is 6.00. The molecule has 0 aromatic rings. The van der Waals surface area contributed by atoms with Crippen molar-refractivity contribution in [3.8, 4) is 0 Å². The Hall–Kier alpha value is -1.10. The fourth-order valence-corrected chi connectivity index (χ4v) is 1.77. The number of ketones is 1. The van der Waals surface area contributed by atoms with Gasteiger partial charge in [0, 0.05) is 6.42 Å². The van der Waals surface area contributed by atoms with E-state index in [0.717, 1.165) is 11.8 Å². The molecule has 0 spiro atoms. The smallest absolute Gasteiger partial charge is 0.290 e. The zero-order valence-electron chi connectivity index (χ0n) is 7.34. The molecular weight excluding hydrogens is 190 g/mol. The lowest BCUT2D eigenvalue weighted by Crippen LogP contribution is -2.18. The normalized spacial score (nSPS) is 20.2. The Morgan fingerprint density at radius 2 is 2.00 bits per heavy atom. The molecule has 13 heavy (non-hydrogen) atoms. The summed E-state index contributed by atoms with van der Waals surface area (Å²) in [4.78, 5) is 33.0. The lowest BCUT2D eigenvalue weighted by Gasteiger charge is -1.98. The predicted molar refractivity (Wildman–Crippen MR) is 49.1 cm³/mol. The summed E-state index contributed by atoms with van der Waals surface area (Å²) in [6.45, 7) is 3.13. The van der Waals surface area contributed by atoms with Gasteiger partial charge in [0.2, 0.25) is 0 Å². The highest BCUT2D eigenvalue weighted by atomic mass is 32.2. The highest BCUT2D eigenvalue weighted by Crippen LogP contribution is 2.27. The molecule has 0 aliphatic carbocycles. The standard InChI is InChI=1S/C8H9NO3S/c1-4(3-5(2)10)6-7(11)9-8(12)13-6/h3H2,1-2H3,(H,9,11,12). The van der Waals surface area contributed by atoms with E-state index >= 15 is 0 Å². The molecule has 0 saturated carbocycles. The van der Waals surface area contributed by atoms with Gasteiger partial charge in [-0.25, -0.2) is 0 Å². The van der Waals surface area contributed by atoms with Gasteiger partial charge in [0.1, 0.15) is 5.78 Å². The molecule has 1 fully saturated rings. The van der Waals surface area contributed by atoms with Gasteiger partial charge in [-0.05, 0) is 31.2 Å². The number of Topliss-reactive ketones (excluding diaryl/α,β-unsaturated/α-hetero) is 1. The summed E-state index contributed by atoms with van der Waals surface area (Å²) in [7, 11) is 0. The number of nitrogens with one attached hydrogen (secondary N) is 1. The molecule has 1 saturated heterocycles. The van der Waals surface area contributed by atoms with Gasteiger partial charge in [0.05, 0.1) is 4.91 Å². The largest absolute Gasteiger partial charge is 0.300 e. The van der Waals surface area contributed by atoms with Crippen molar-refractivity contribution in [3.05, 3.63) is 10.5 Å². The van der Waals surface area contributed by atoms with E-state index in [1.807, 2.05) is 0 Å². The first-order valence-electron chi connectivity index (χ1n) is 3.73. The summed E-state index contributed by atoms with van der Waals surface area (Å²) in [6, 6.07) is 0. The van der Waals surface area contributed by atoms with Crippen molar-refractivity contribution in [3.63, 3.8) is 0 Å². The van der Waals surface area contributed by atoms with Crippen molar-refractivity contribution in [2.24, 2.45) is 0 Å². The second kappa shape index (κ2) is 3.74. The minimum Gasteiger partial charge on any atom is -0.300 e. The van der Waals surface area contributed by atoms with Crippen LogP contribution in [0.1, 0.15) is 20.3 Å². The van der Waals surface area contributed by atoms with E-state index in [1.54, 1.807) is 6.92 Å². The number of amides is 2. The number of rotatable bonds is 2. The molecule has 70 valence electrons. The van der Waals surface area contributed by atoms with Gasteiger partial charge in [0.15, 0.2) is 0 Å². The maximum Gasteiger partial charge on any atom is 0.290 e. The number of thioether (sulfide) groups is 1. The molecule has 0 aromatic heterocycles. The molecule has 0 bridgehead atoms. The molecule has 1 aliphatic heterocycles. The molecule has 0 aromatic carbocycles. The van der Waals surface area contributed by atoms with E-state index in [4.69, 9.17) is 0 Å². The van der Waals surface area contributed by atoms with Crippen molar-refractivity contribution in [2.45, 2.75) is 20.3 Å². The van der Waals surface area contributed by atoms with E-state index in [0.29, 0.717) is 10.5 Å². The third kappa shape index (κ3) is 2.42. The van der Waals surface area contributed by atoms with Crippen molar-refractivity contribution in [2.75, 3.05) is 0 Å². The first kappa shape index (κ1) is 9.98. The molecule has 1 N–H and O–H groups in total. The Bertz CT molecular complexity index is 319. The monoisotopic (exact) mass is 199 g/mol. The summed E-state index contributed by atoms with van der Waals surface area (Å²) in [5, 5.41) is 1.76. The van der Waals surface area contributed by atoms with Crippen LogP contribution in [0.15, 0.2) is 10.5 Å². The fourth-order valence-electron chi connectivity index (χ4n) is 1.05. The predicted octanol–water partition coefficient (Wildman–Crippen LogP) is 1.22. The Morgan fingerprint density at radius 3 is 2.38 bits per heavy atom. The van der Waals surface area contributed by atoms with Crippen LogP contribution in [-0.4, -0.2) is 16.9 Å². The van der Waals surface area contributed by atoms with Crippen LogP contribution in [0.4, 0.5) is 4.79 Å². The van der Waals surface area contributed by atoms with Gasteiger partial charge in [0.25, 0.3) is 11.1 Å². The van der Waals surface area contributed by atoms with E-state index < -0.39 is 5.91 Å². The van der Waals surface area contributed by atoms with Crippen molar-refractivity contribution >= 4 is 28.7 Å². The lowest BCUT2D eigenvalue weighted by atomic mass is 10.1. The molecular formula is C8H9NO3S. The van der Waals surface area contributed by atoms with Crippen LogP contribution in [0, 0.1) is 0 Å². The number of allylic oxidation sites excluding steroid dienone is 1. The summed E-state index contributed by atoms with van der Waals surface area (Å²) >= 11 is 0.852. The van der Waals surface area contributed by atoms with Crippen LogP contribution in [-0.2, 0) is 9.59 Å². The molecule has 4 nitrogen and oxygen atoms in total. The van der Waals surface area contributed by atoms with Crippen LogP contribution in [0.5, 0.6) is 0 Å². The Labute approximate surface area is 79.8 Å². The quantitative estimate of drug-likeness (QED) is 0.679. The van der Waals surface area contributed by atoms with Crippen LogP contribution in [0.2, 0.25) is 0 Å². The van der Waals surface area contributed by atoms with E-state index in [9.17, 15) is 14.4 Å². The lowest BCUT2D eigenvalue weighted by molar-refractivity contribution is -0.116. The van der Waals surface area contributed by atoms with Crippen molar-refractivity contribution in [1.29, 1.82) is 0 Å². The van der Waals surface area contributed by atoms with Crippen molar-refractivity contribution in [1.82, 2.24) is 5.32 Å². The SMILES string of the molecule is CC(=O)CC(C)=C1SC(=O)NC1=O. The minimum absolute atomic E-state index is 0.0160. The maximum absolute atomic E-state index is 11.1. The molecule has 1 heterocycles. The van der Waals surface area contributed by atoms with Crippen LogP contribution >= 0.6 is 11.8 Å². The topological polar surface area (TPSA) is 63.2 Å². The number of carbonyl (C=O) groups is 3. The molecule has 5 heteroatoms. The van der Waals surface area contributed by atoms with E-state index in [-0.39, 0.29) is 17.4 Å². The second-order valence-electron chi connectivity index (χ2n) is 2.83. The Balaban J connectivity index is 2.85.